The van der Waals surface area contributed by atoms with E-state index in [0.29, 0.717) is 18.2 Å². The van der Waals surface area contributed by atoms with Crippen molar-refractivity contribution in [1.29, 1.82) is 0 Å². The predicted octanol–water partition coefficient (Wildman–Crippen LogP) is 1.75. The summed E-state index contributed by atoms with van der Waals surface area (Å²) in [6.45, 7) is 4.34. The van der Waals surface area contributed by atoms with Crippen molar-refractivity contribution in [3.63, 3.8) is 0 Å². The van der Waals surface area contributed by atoms with Crippen LogP contribution in [-0.4, -0.2) is 33.8 Å². The number of nitrogen functional groups attached to an aromatic ring is 1. The Labute approximate surface area is 117 Å². The van der Waals surface area contributed by atoms with E-state index in [9.17, 15) is 5.11 Å². The van der Waals surface area contributed by atoms with E-state index in [1.165, 1.54) is 0 Å². The van der Waals surface area contributed by atoms with Crippen LogP contribution >= 0.6 is 11.6 Å². The number of aliphatic hydroxyl groups is 1. The minimum Gasteiger partial charge on any atom is -0.394 e. The molecule has 1 aromatic heterocycles. The summed E-state index contributed by atoms with van der Waals surface area (Å²) >= 11 is 6.04. The third-order valence-corrected chi connectivity index (χ3v) is 3.27. The molecule has 1 fully saturated rings. The summed E-state index contributed by atoms with van der Waals surface area (Å²) in [6.07, 6.45) is 1.74. The lowest BCUT2D eigenvalue weighted by Gasteiger charge is -2.25. The molecule has 7 heteroatoms. The van der Waals surface area contributed by atoms with Gasteiger partial charge in [0.05, 0.1) is 12.1 Å². The highest BCUT2D eigenvalue weighted by molar-refractivity contribution is 6.32. The molecule has 0 bridgehead atoms. The molecule has 0 saturated carbocycles. The second kappa shape index (κ2) is 5.48. The van der Waals surface area contributed by atoms with Gasteiger partial charge in [-0.05, 0) is 26.7 Å². The smallest absolute Gasteiger partial charge is 0.161 e. The van der Waals surface area contributed by atoms with E-state index >= 15 is 0 Å². The first-order chi connectivity index (χ1) is 8.93. The number of halogens is 1. The zero-order valence-corrected chi connectivity index (χ0v) is 11.9. The monoisotopic (exact) mass is 286 g/mol. The van der Waals surface area contributed by atoms with Crippen molar-refractivity contribution in [3.8, 4) is 0 Å². The Hall–Kier alpha value is -1.11. The van der Waals surface area contributed by atoms with Gasteiger partial charge in [0.2, 0.25) is 0 Å². The Morgan fingerprint density at radius 1 is 1.53 bits per heavy atom. The van der Waals surface area contributed by atoms with Crippen LogP contribution in [0.1, 0.15) is 38.6 Å². The number of rotatable bonds is 4. The second-order valence-corrected chi connectivity index (χ2v) is 5.66. The normalized spacial score (nSPS) is 19.7. The molecule has 106 valence electrons. The largest absolute Gasteiger partial charge is 0.394 e. The number of nitrogens with zero attached hydrogens (tertiary/aromatic N) is 2. The molecule has 0 radical (unpaired) electrons. The van der Waals surface area contributed by atoms with Gasteiger partial charge in [0.25, 0.3) is 0 Å². The van der Waals surface area contributed by atoms with Gasteiger partial charge < -0.3 is 20.9 Å². The minimum absolute atomic E-state index is 0.0523. The third kappa shape index (κ3) is 3.26. The second-order valence-electron chi connectivity index (χ2n) is 5.30. The van der Waals surface area contributed by atoms with Gasteiger partial charge in [0.15, 0.2) is 16.8 Å². The lowest BCUT2D eigenvalue weighted by molar-refractivity contribution is 0.105. The van der Waals surface area contributed by atoms with E-state index in [0.717, 1.165) is 12.8 Å². The molecule has 0 aliphatic carbocycles. The predicted molar refractivity (Wildman–Crippen MR) is 74.2 cm³/mol. The number of nitrogens with one attached hydrogen (secondary N) is 1. The van der Waals surface area contributed by atoms with Crippen LogP contribution in [-0.2, 0) is 4.74 Å². The van der Waals surface area contributed by atoms with Crippen molar-refractivity contribution in [2.75, 3.05) is 24.3 Å². The highest BCUT2D eigenvalue weighted by Crippen LogP contribution is 2.32. The summed E-state index contributed by atoms with van der Waals surface area (Å²) in [5.41, 5.74) is 5.61. The van der Waals surface area contributed by atoms with Crippen LogP contribution in [0.2, 0.25) is 5.15 Å². The van der Waals surface area contributed by atoms with Crippen molar-refractivity contribution in [1.82, 2.24) is 9.97 Å². The zero-order chi connectivity index (χ0) is 14.0. The molecule has 1 unspecified atom stereocenters. The first kappa shape index (κ1) is 14.3. The van der Waals surface area contributed by atoms with Crippen LogP contribution < -0.4 is 11.1 Å². The van der Waals surface area contributed by atoms with E-state index in [-0.39, 0.29) is 23.6 Å². The Morgan fingerprint density at radius 3 is 2.84 bits per heavy atom. The molecule has 2 rings (SSSR count). The van der Waals surface area contributed by atoms with E-state index < -0.39 is 5.54 Å². The van der Waals surface area contributed by atoms with Gasteiger partial charge in [0.1, 0.15) is 11.8 Å². The lowest BCUT2D eigenvalue weighted by atomic mass is 10.1. The molecule has 0 aromatic carbocycles. The average Bonchev–Trinajstić information content (AvgIpc) is 2.88. The zero-order valence-electron chi connectivity index (χ0n) is 11.1. The highest BCUT2D eigenvalue weighted by Gasteiger charge is 2.25. The molecule has 6 nitrogen and oxygen atoms in total. The number of aromatic nitrogens is 2. The summed E-state index contributed by atoms with van der Waals surface area (Å²) < 4.78 is 5.54. The van der Waals surface area contributed by atoms with Gasteiger partial charge in [-0.3, -0.25) is 0 Å². The Bertz CT molecular complexity index is 461. The maximum atomic E-state index is 9.29. The molecular formula is C12H19ClN4O2. The molecule has 1 aromatic rings. The quantitative estimate of drug-likeness (QED) is 0.730. The molecule has 0 spiro atoms. The van der Waals surface area contributed by atoms with Gasteiger partial charge in [-0.15, -0.1) is 0 Å². The van der Waals surface area contributed by atoms with Crippen LogP contribution in [0.25, 0.3) is 0 Å². The van der Waals surface area contributed by atoms with E-state index in [1.807, 2.05) is 13.8 Å². The summed E-state index contributed by atoms with van der Waals surface area (Å²) in [5, 5.41) is 12.6. The number of hydrogen-bond donors (Lipinski definition) is 3. The molecule has 1 atom stereocenters. The fourth-order valence-electron chi connectivity index (χ4n) is 1.84. The molecule has 1 saturated heterocycles. The topological polar surface area (TPSA) is 93.3 Å². The number of hydrogen-bond acceptors (Lipinski definition) is 6. The van der Waals surface area contributed by atoms with E-state index in [2.05, 4.69) is 15.3 Å². The maximum Gasteiger partial charge on any atom is 0.161 e. The molecule has 4 N–H and O–H groups in total. The summed E-state index contributed by atoms with van der Waals surface area (Å²) in [4.78, 5) is 8.55. The van der Waals surface area contributed by atoms with E-state index in [4.69, 9.17) is 22.1 Å². The maximum absolute atomic E-state index is 9.29. The van der Waals surface area contributed by atoms with Crippen molar-refractivity contribution in [3.05, 3.63) is 11.0 Å². The first-order valence-electron chi connectivity index (χ1n) is 6.26. The Morgan fingerprint density at radius 2 is 2.26 bits per heavy atom. The number of aliphatic hydroxyl groups excluding tert-OH is 1. The SMILES string of the molecule is CC(C)(CO)Nc1nc(C2CCCO2)nc(Cl)c1N. The Balaban J connectivity index is 2.31. The van der Waals surface area contributed by atoms with Crippen molar-refractivity contribution in [2.24, 2.45) is 0 Å². The van der Waals surface area contributed by atoms with Crippen LogP contribution in [0, 0.1) is 0 Å². The van der Waals surface area contributed by atoms with Gasteiger partial charge in [-0.2, -0.15) is 0 Å². The standard InChI is InChI=1S/C12H19ClN4O2/c1-12(2,6-18)17-11-8(14)9(13)15-10(16-11)7-4-3-5-19-7/h7,18H,3-6,14H2,1-2H3,(H,15,16,17). The molecule has 0 amide bonds. The van der Waals surface area contributed by atoms with Gasteiger partial charge in [-0.25, -0.2) is 9.97 Å². The molecule has 19 heavy (non-hydrogen) atoms. The van der Waals surface area contributed by atoms with Gasteiger partial charge in [-0.1, -0.05) is 11.6 Å². The van der Waals surface area contributed by atoms with Crippen LogP contribution in [0.5, 0.6) is 0 Å². The van der Waals surface area contributed by atoms with Crippen molar-refractivity contribution >= 4 is 23.1 Å². The highest BCUT2D eigenvalue weighted by atomic mass is 35.5. The van der Waals surface area contributed by atoms with Crippen molar-refractivity contribution < 1.29 is 9.84 Å². The summed E-state index contributed by atoms with van der Waals surface area (Å²) in [6, 6.07) is 0. The molecular weight excluding hydrogens is 268 g/mol. The van der Waals surface area contributed by atoms with Crippen LogP contribution in [0.15, 0.2) is 0 Å². The number of anilines is 2. The Kier molecular flexibility index (Phi) is 4.13. The number of nitrogens with two attached hydrogens (primary N) is 1. The van der Waals surface area contributed by atoms with Gasteiger partial charge in [0, 0.05) is 6.61 Å². The average molecular weight is 287 g/mol. The van der Waals surface area contributed by atoms with Gasteiger partial charge >= 0.3 is 0 Å². The lowest BCUT2D eigenvalue weighted by Crippen LogP contribution is -2.36. The first-order valence-corrected chi connectivity index (χ1v) is 6.64. The van der Waals surface area contributed by atoms with Crippen molar-refractivity contribution in [2.45, 2.75) is 38.3 Å². The van der Waals surface area contributed by atoms with Crippen LogP contribution in [0.3, 0.4) is 0 Å². The third-order valence-electron chi connectivity index (χ3n) is 2.99. The molecule has 1 aliphatic rings. The van der Waals surface area contributed by atoms with Crippen LogP contribution in [0.4, 0.5) is 11.5 Å². The number of ether oxygens (including phenoxy) is 1. The summed E-state index contributed by atoms with van der Waals surface area (Å²) in [7, 11) is 0. The molecule has 1 aliphatic heterocycles. The fraction of sp³-hybridized carbons (Fsp3) is 0.667. The fourth-order valence-corrected chi connectivity index (χ4v) is 2.01. The minimum atomic E-state index is -0.542. The summed E-state index contributed by atoms with van der Waals surface area (Å²) in [5.74, 6) is 0.970. The van der Waals surface area contributed by atoms with E-state index in [1.54, 1.807) is 0 Å². The molecule has 2 heterocycles.